The van der Waals surface area contributed by atoms with Crippen LogP contribution in [0.2, 0.25) is 0 Å². The largest absolute Gasteiger partial charge is 0.480 e. The Morgan fingerprint density at radius 1 is 1.10 bits per heavy atom. The molecule has 0 aliphatic heterocycles. The molecule has 1 atom stereocenters. The van der Waals surface area contributed by atoms with Crippen LogP contribution < -0.4 is 0 Å². The van der Waals surface area contributed by atoms with E-state index in [1.165, 1.54) is 12.1 Å². The molecule has 1 aromatic rings. The molecule has 0 bridgehead atoms. The minimum Gasteiger partial charge on any atom is -0.480 e. The molecule has 0 aromatic heterocycles. The van der Waals surface area contributed by atoms with E-state index in [-0.39, 0.29) is 16.2 Å². The molecule has 1 N–H and O–H groups in total. The van der Waals surface area contributed by atoms with Gasteiger partial charge < -0.3 is 5.11 Å². The Kier molecular flexibility index (Phi) is 5.52. The zero-order chi connectivity index (χ0) is 16.3. The molecule has 0 spiro atoms. The minimum absolute atomic E-state index is 0.0121. The lowest BCUT2D eigenvalue weighted by Gasteiger charge is -2.13. The van der Waals surface area contributed by atoms with Crippen molar-refractivity contribution in [2.24, 2.45) is 0 Å². The van der Waals surface area contributed by atoms with Gasteiger partial charge in [-0.25, -0.2) is 16.8 Å². The summed E-state index contributed by atoms with van der Waals surface area (Å²) in [5.74, 6) is -1.39. The van der Waals surface area contributed by atoms with Gasteiger partial charge in [-0.2, -0.15) is 0 Å². The first-order valence-electron chi connectivity index (χ1n) is 6.37. The maximum Gasteiger partial charge on any atom is 0.322 e. The molecule has 1 rings (SSSR count). The summed E-state index contributed by atoms with van der Waals surface area (Å²) in [5.41, 5.74) is 0. The summed E-state index contributed by atoms with van der Waals surface area (Å²) in [7, 11) is -7.46. The average molecular weight is 334 g/mol. The Hall–Kier alpha value is -1.41. The van der Waals surface area contributed by atoms with Crippen LogP contribution in [0.1, 0.15) is 26.2 Å². The highest BCUT2D eigenvalue weighted by atomic mass is 32.2. The number of carboxylic acid groups (broad SMARTS) is 1. The van der Waals surface area contributed by atoms with Crippen LogP contribution in [0.3, 0.4) is 0 Å². The van der Waals surface area contributed by atoms with Crippen LogP contribution >= 0.6 is 0 Å². The number of hydrogen-bond donors (Lipinski definition) is 1. The molecule has 0 fully saturated rings. The molecule has 0 radical (unpaired) electrons. The highest BCUT2D eigenvalue weighted by Crippen LogP contribution is 2.22. The van der Waals surface area contributed by atoms with Crippen molar-refractivity contribution in [1.29, 1.82) is 0 Å². The number of hydrogen-bond acceptors (Lipinski definition) is 5. The second-order valence-electron chi connectivity index (χ2n) is 4.76. The Morgan fingerprint density at radius 3 is 1.95 bits per heavy atom. The van der Waals surface area contributed by atoms with E-state index >= 15 is 0 Å². The summed E-state index contributed by atoms with van der Waals surface area (Å²) in [6, 6.07) is 4.60. The third kappa shape index (κ3) is 4.28. The molecular weight excluding hydrogens is 316 g/mol. The Balaban J connectivity index is 3.20. The van der Waals surface area contributed by atoms with Crippen molar-refractivity contribution in [3.8, 4) is 0 Å². The summed E-state index contributed by atoms with van der Waals surface area (Å²) in [4.78, 5) is 11.0. The lowest BCUT2D eigenvalue weighted by Crippen LogP contribution is -2.30. The molecule has 0 aliphatic carbocycles. The van der Waals surface area contributed by atoms with Gasteiger partial charge in [0, 0.05) is 6.26 Å². The monoisotopic (exact) mass is 334 g/mol. The van der Waals surface area contributed by atoms with Gasteiger partial charge in [-0.05, 0) is 30.7 Å². The Labute approximate surface area is 124 Å². The van der Waals surface area contributed by atoms with Crippen LogP contribution in [-0.4, -0.2) is 39.4 Å². The van der Waals surface area contributed by atoms with Crippen LogP contribution in [0.15, 0.2) is 34.1 Å². The van der Waals surface area contributed by atoms with E-state index in [4.69, 9.17) is 5.11 Å². The number of unbranched alkanes of at least 4 members (excludes halogenated alkanes) is 1. The molecule has 0 amide bonds. The standard InChI is InChI=1S/C13H18O6S2/c1-3-4-5-12(13(14)15)21(18,19)11-8-6-10(7-9-11)20(2,16)17/h6-9,12H,3-5H2,1-2H3,(H,14,15). The zero-order valence-corrected chi connectivity index (χ0v) is 13.4. The van der Waals surface area contributed by atoms with Gasteiger partial charge in [-0.15, -0.1) is 0 Å². The summed E-state index contributed by atoms with van der Waals surface area (Å²) in [6.07, 6.45) is 2.21. The van der Waals surface area contributed by atoms with Gasteiger partial charge in [0.05, 0.1) is 9.79 Å². The topological polar surface area (TPSA) is 106 Å². The molecule has 8 heteroatoms. The van der Waals surface area contributed by atoms with E-state index in [1.807, 2.05) is 6.92 Å². The number of aliphatic carboxylic acids is 1. The predicted octanol–water partition coefficient (Wildman–Crippen LogP) is 1.51. The van der Waals surface area contributed by atoms with E-state index < -0.39 is 30.9 Å². The fraction of sp³-hybridized carbons (Fsp3) is 0.462. The lowest BCUT2D eigenvalue weighted by molar-refractivity contribution is -0.136. The number of carboxylic acids is 1. The predicted molar refractivity (Wildman–Crippen MR) is 77.7 cm³/mol. The maximum atomic E-state index is 12.3. The third-order valence-electron chi connectivity index (χ3n) is 3.05. The van der Waals surface area contributed by atoms with Crippen molar-refractivity contribution >= 4 is 25.6 Å². The molecule has 6 nitrogen and oxygen atoms in total. The second kappa shape index (κ2) is 6.57. The van der Waals surface area contributed by atoms with Crippen LogP contribution in [0, 0.1) is 0 Å². The first-order valence-corrected chi connectivity index (χ1v) is 9.81. The Morgan fingerprint density at radius 2 is 1.57 bits per heavy atom. The van der Waals surface area contributed by atoms with E-state index in [1.54, 1.807) is 0 Å². The van der Waals surface area contributed by atoms with E-state index in [0.29, 0.717) is 12.8 Å². The summed E-state index contributed by atoms with van der Waals surface area (Å²) >= 11 is 0. The highest BCUT2D eigenvalue weighted by Gasteiger charge is 2.33. The van der Waals surface area contributed by atoms with Crippen molar-refractivity contribution in [2.75, 3.05) is 6.26 Å². The molecule has 1 aromatic carbocycles. The zero-order valence-electron chi connectivity index (χ0n) is 11.8. The molecular formula is C13H18O6S2. The first-order chi connectivity index (χ1) is 9.60. The molecule has 21 heavy (non-hydrogen) atoms. The first kappa shape index (κ1) is 17.6. The third-order valence-corrected chi connectivity index (χ3v) is 6.29. The van der Waals surface area contributed by atoms with Gasteiger partial charge in [-0.1, -0.05) is 19.8 Å². The summed E-state index contributed by atoms with van der Waals surface area (Å²) < 4.78 is 47.3. The molecule has 118 valence electrons. The number of rotatable bonds is 7. The SMILES string of the molecule is CCCCC(C(=O)O)S(=O)(=O)c1ccc(S(C)(=O)=O)cc1. The van der Waals surface area contributed by atoms with Crippen molar-refractivity contribution in [3.63, 3.8) is 0 Å². The van der Waals surface area contributed by atoms with Crippen molar-refractivity contribution < 1.29 is 26.7 Å². The normalized spacial score (nSPS) is 13.8. The van der Waals surface area contributed by atoms with Crippen molar-refractivity contribution in [1.82, 2.24) is 0 Å². The molecule has 0 aliphatic rings. The molecule has 0 heterocycles. The Bertz CT molecular complexity index is 702. The van der Waals surface area contributed by atoms with Crippen LogP contribution in [0.4, 0.5) is 0 Å². The van der Waals surface area contributed by atoms with E-state index in [9.17, 15) is 21.6 Å². The van der Waals surface area contributed by atoms with Crippen molar-refractivity contribution in [2.45, 2.75) is 41.2 Å². The van der Waals surface area contributed by atoms with Crippen LogP contribution in [0.5, 0.6) is 0 Å². The molecule has 0 saturated carbocycles. The fourth-order valence-corrected chi connectivity index (χ4v) is 4.06. The van der Waals surface area contributed by atoms with Gasteiger partial charge in [0.2, 0.25) is 0 Å². The minimum atomic E-state index is -4.03. The fourth-order valence-electron chi connectivity index (χ4n) is 1.84. The quantitative estimate of drug-likeness (QED) is 0.810. The summed E-state index contributed by atoms with van der Waals surface area (Å²) in [6.45, 7) is 1.84. The van der Waals surface area contributed by atoms with Gasteiger partial charge in [-0.3, -0.25) is 4.79 Å². The average Bonchev–Trinajstić information content (AvgIpc) is 2.37. The number of carbonyl (C=O) groups is 1. The maximum absolute atomic E-state index is 12.3. The van der Waals surface area contributed by atoms with Gasteiger partial charge >= 0.3 is 5.97 Å². The smallest absolute Gasteiger partial charge is 0.322 e. The van der Waals surface area contributed by atoms with E-state index in [2.05, 4.69) is 0 Å². The highest BCUT2D eigenvalue weighted by molar-refractivity contribution is 7.92. The number of sulfone groups is 2. The van der Waals surface area contributed by atoms with Crippen LogP contribution in [-0.2, 0) is 24.5 Å². The van der Waals surface area contributed by atoms with Gasteiger partial charge in [0.15, 0.2) is 24.9 Å². The lowest BCUT2D eigenvalue weighted by atomic mass is 10.2. The second-order valence-corrected chi connectivity index (χ2v) is 8.90. The van der Waals surface area contributed by atoms with Gasteiger partial charge in [0.25, 0.3) is 0 Å². The summed E-state index contributed by atoms with van der Waals surface area (Å²) in [5, 5.41) is 7.59. The van der Waals surface area contributed by atoms with Crippen molar-refractivity contribution in [3.05, 3.63) is 24.3 Å². The van der Waals surface area contributed by atoms with E-state index in [0.717, 1.165) is 18.4 Å². The van der Waals surface area contributed by atoms with Crippen LogP contribution in [0.25, 0.3) is 0 Å². The van der Waals surface area contributed by atoms with Gasteiger partial charge in [0.1, 0.15) is 0 Å². The molecule has 1 unspecified atom stereocenters. The number of benzene rings is 1. The molecule has 0 saturated heterocycles.